The molecule has 0 aliphatic heterocycles. The molecule has 0 amide bonds. The van der Waals surface area contributed by atoms with E-state index in [0.717, 1.165) is 12.6 Å². The van der Waals surface area contributed by atoms with Crippen LogP contribution in [-0.4, -0.2) is 24.8 Å². The number of hydrogen-bond donors (Lipinski definition) is 1. The lowest BCUT2D eigenvalue weighted by Gasteiger charge is -1.92. The Kier molecular flexibility index (Phi) is 1.58. The maximum absolute atomic E-state index is 10.5. The predicted octanol–water partition coefficient (Wildman–Crippen LogP) is -0.559. The molecule has 0 unspecified atom stereocenters. The highest BCUT2D eigenvalue weighted by atomic mass is 32.2. The fourth-order valence-electron chi connectivity index (χ4n) is 0.381. The van der Waals surface area contributed by atoms with E-state index in [1.54, 1.807) is 0 Å². The van der Waals surface area contributed by atoms with Crippen LogP contribution in [0.5, 0.6) is 0 Å². The highest BCUT2D eigenvalue weighted by Crippen LogP contribution is 1.96. The molecule has 1 rings (SSSR count). The summed E-state index contributed by atoms with van der Waals surface area (Å²) in [6, 6.07) is 0. The van der Waals surface area contributed by atoms with Crippen LogP contribution in [0.1, 0.15) is 0 Å². The van der Waals surface area contributed by atoms with Gasteiger partial charge in [0.1, 0.15) is 0 Å². The Morgan fingerprint density at radius 1 is 1.70 bits per heavy atom. The number of hydrogen-bond acceptors (Lipinski definition) is 5. The largest absolute Gasteiger partial charge is 0.341 e. The third-order valence-electron chi connectivity index (χ3n) is 0.638. The Morgan fingerprint density at radius 3 is 2.80 bits per heavy atom. The molecule has 56 valence electrons. The van der Waals surface area contributed by atoms with Gasteiger partial charge < -0.3 is 4.52 Å². The summed E-state index contributed by atoms with van der Waals surface area (Å²) in [6.07, 6.45) is 2.04. The van der Waals surface area contributed by atoms with Crippen LogP contribution in [0.3, 0.4) is 0 Å². The van der Waals surface area contributed by atoms with Crippen LogP contribution in [0.4, 0.5) is 5.95 Å². The summed E-state index contributed by atoms with van der Waals surface area (Å²) in [5.41, 5.74) is 0. The zero-order valence-electron chi connectivity index (χ0n) is 5.10. The van der Waals surface area contributed by atoms with E-state index in [-0.39, 0.29) is 5.95 Å². The average molecular weight is 163 g/mol. The van der Waals surface area contributed by atoms with E-state index in [2.05, 4.69) is 14.7 Å². The van der Waals surface area contributed by atoms with Gasteiger partial charge in [0.2, 0.25) is 16.4 Å². The van der Waals surface area contributed by atoms with Gasteiger partial charge in [-0.15, -0.1) is 0 Å². The second-order valence-electron chi connectivity index (χ2n) is 1.63. The average Bonchev–Trinajstić information content (AvgIpc) is 2.12. The number of anilines is 1. The lowest BCUT2D eigenvalue weighted by molar-refractivity contribution is 0.419. The van der Waals surface area contributed by atoms with E-state index in [0.29, 0.717) is 0 Å². The minimum Gasteiger partial charge on any atom is -0.341 e. The van der Waals surface area contributed by atoms with Crippen LogP contribution in [0.2, 0.25) is 0 Å². The second kappa shape index (κ2) is 2.25. The summed E-state index contributed by atoms with van der Waals surface area (Å²) in [7, 11) is -3.28. The van der Waals surface area contributed by atoms with Gasteiger partial charge in [-0.05, 0) is 5.16 Å². The van der Waals surface area contributed by atoms with Crippen LogP contribution in [-0.2, 0) is 10.0 Å². The quantitative estimate of drug-likeness (QED) is 0.631. The molecule has 0 saturated carbocycles. The van der Waals surface area contributed by atoms with E-state index in [9.17, 15) is 8.42 Å². The molecule has 0 aromatic carbocycles. The van der Waals surface area contributed by atoms with E-state index in [4.69, 9.17) is 0 Å². The lowest BCUT2D eigenvalue weighted by atomic mass is 11.1. The van der Waals surface area contributed by atoms with Crippen LogP contribution in [0.25, 0.3) is 0 Å². The summed E-state index contributed by atoms with van der Waals surface area (Å²) in [6.45, 7) is 0. The monoisotopic (exact) mass is 163 g/mol. The Labute approximate surface area is 57.3 Å². The minimum atomic E-state index is -3.28. The van der Waals surface area contributed by atoms with Crippen molar-refractivity contribution in [2.24, 2.45) is 0 Å². The van der Waals surface area contributed by atoms with Gasteiger partial charge in [-0.3, -0.25) is 0 Å². The van der Waals surface area contributed by atoms with Gasteiger partial charge in [0.15, 0.2) is 0 Å². The molecule has 0 aliphatic carbocycles. The second-order valence-corrected chi connectivity index (χ2v) is 3.38. The van der Waals surface area contributed by atoms with Crippen molar-refractivity contribution in [2.75, 3.05) is 11.0 Å². The molecule has 10 heavy (non-hydrogen) atoms. The summed E-state index contributed by atoms with van der Waals surface area (Å²) in [5, 5.41) is 3.23. The molecular weight excluding hydrogens is 158 g/mol. The summed E-state index contributed by atoms with van der Waals surface area (Å²) in [4.78, 5) is 3.43. The lowest BCUT2D eigenvalue weighted by Crippen LogP contribution is -2.10. The first-order valence-electron chi connectivity index (χ1n) is 2.32. The normalized spacial score (nSPS) is 11.3. The van der Waals surface area contributed by atoms with E-state index >= 15 is 0 Å². The van der Waals surface area contributed by atoms with Crippen molar-refractivity contribution < 1.29 is 12.9 Å². The number of rotatable bonds is 2. The molecule has 1 N–H and O–H groups in total. The van der Waals surface area contributed by atoms with Crippen LogP contribution in [0.15, 0.2) is 10.9 Å². The van der Waals surface area contributed by atoms with Gasteiger partial charge in [-0.25, -0.2) is 13.1 Å². The van der Waals surface area contributed by atoms with Crippen molar-refractivity contribution in [1.29, 1.82) is 0 Å². The molecule has 1 aromatic heterocycles. The SMILES string of the molecule is CS(=O)(=O)Nc1ncon1. The molecule has 7 heteroatoms. The summed E-state index contributed by atoms with van der Waals surface area (Å²) < 4.78 is 27.2. The van der Waals surface area contributed by atoms with Gasteiger partial charge in [0, 0.05) is 0 Å². The van der Waals surface area contributed by atoms with Gasteiger partial charge >= 0.3 is 0 Å². The number of nitrogens with one attached hydrogen (secondary N) is 1. The predicted molar refractivity (Wildman–Crippen MR) is 32.8 cm³/mol. The fourth-order valence-corrected chi connectivity index (χ4v) is 0.803. The number of sulfonamides is 1. The molecule has 0 fully saturated rings. The van der Waals surface area contributed by atoms with Crippen molar-refractivity contribution in [1.82, 2.24) is 10.1 Å². The molecule has 0 saturated heterocycles. The first kappa shape index (κ1) is 7.00. The number of nitrogens with zero attached hydrogens (tertiary/aromatic N) is 2. The Bertz CT molecular complexity index is 289. The molecule has 0 atom stereocenters. The van der Waals surface area contributed by atoms with Crippen LogP contribution in [0, 0.1) is 0 Å². The van der Waals surface area contributed by atoms with E-state index in [1.807, 2.05) is 4.72 Å². The molecule has 0 bridgehead atoms. The van der Waals surface area contributed by atoms with Crippen LogP contribution < -0.4 is 4.72 Å². The fraction of sp³-hybridized carbons (Fsp3) is 0.333. The maximum Gasteiger partial charge on any atom is 0.276 e. The first-order chi connectivity index (χ1) is 4.58. The van der Waals surface area contributed by atoms with Gasteiger partial charge in [-0.1, -0.05) is 0 Å². The topological polar surface area (TPSA) is 85.1 Å². The van der Waals surface area contributed by atoms with Gasteiger partial charge in [0.05, 0.1) is 6.26 Å². The first-order valence-corrected chi connectivity index (χ1v) is 4.21. The Hall–Kier alpha value is -1.11. The van der Waals surface area contributed by atoms with Crippen molar-refractivity contribution >= 4 is 16.0 Å². The highest BCUT2D eigenvalue weighted by Gasteiger charge is 2.03. The third-order valence-corrected chi connectivity index (χ3v) is 1.19. The summed E-state index contributed by atoms with van der Waals surface area (Å²) >= 11 is 0. The third kappa shape index (κ3) is 2.02. The van der Waals surface area contributed by atoms with E-state index in [1.165, 1.54) is 0 Å². The Balaban J connectivity index is 2.75. The molecular formula is C3H5N3O3S. The van der Waals surface area contributed by atoms with Gasteiger partial charge in [0.25, 0.3) is 5.95 Å². The van der Waals surface area contributed by atoms with Crippen LogP contribution >= 0.6 is 0 Å². The highest BCUT2D eigenvalue weighted by molar-refractivity contribution is 7.91. The van der Waals surface area contributed by atoms with Crippen molar-refractivity contribution in [3.8, 4) is 0 Å². The molecule has 0 radical (unpaired) electrons. The van der Waals surface area contributed by atoms with Crippen molar-refractivity contribution in [3.63, 3.8) is 0 Å². The molecule has 6 nitrogen and oxygen atoms in total. The zero-order valence-corrected chi connectivity index (χ0v) is 5.92. The Morgan fingerprint density at radius 2 is 2.40 bits per heavy atom. The number of aromatic nitrogens is 2. The molecule has 1 aromatic rings. The molecule has 0 spiro atoms. The minimum absolute atomic E-state index is 0.0532. The standard InChI is InChI=1S/C3H5N3O3S/c1-10(7,8)6-3-4-2-9-5-3/h2H,1H3,(H,5,6). The molecule has 1 heterocycles. The zero-order chi connectivity index (χ0) is 7.61. The van der Waals surface area contributed by atoms with Gasteiger partial charge in [-0.2, -0.15) is 4.98 Å². The summed E-state index contributed by atoms with van der Waals surface area (Å²) in [5.74, 6) is -0.0532. The smallest absolute Gasteiger partial charge is 0.276 e. The van der Waals surface area contributed by atoms with Crippen molar-refractivity contribution in [2.45, 2.75) is 0 Å². The molecule has 0 aliphatic rings. The van der Waals surface area contributed by atoms with Crippen molar-refractivity contribution in [3.05, 3.63) is 6.39 Å². The maximum atomic E-state index is 10.5. The van der Waals surface area contributed by atoms with E-state index < -0.39 is 10.0 Å².